The SMILES string of the molecule is Cc1nc(-c2cccc(NS(=O)(=O)Cc3cc(F)ccc3F)c2)cs1. The van der Waals surface area contributed by atoms with Crippen molar-refractivity contribution in [3.8, 4) is 11.3 Å². The Labute approximate surface area is 148 Å². The van der Waals surface area contributed by atoms with E-state index in [1.165, 1.54) is 11.3 Å². The summed E-state index contributed by atoms with van der Waals surface area (Å²) in [6.45, 7) is 1.88. The molecule has 3 rings (SSSR count). The number of anilines is 1. The van der Waals surface area contributed by atoms with Crippen LogP contribution in [-0.4, -0.2) is 13.4 Å². The highest BCUT2D eigenvalue weighted by Crippen LogP contribution is 2.25. The molecule has 0 radical (unpaired) electrons. The predicted molar refractivity (Wildman–Crippen MR) is 94.9 cm³/mol. The number of hydrogen-bond donors (Lipinski definition) is 1. The Balaban J connectivity index is 1.82. The van der Waals surface area contributed by atoms with E-state index in [9.17, 15) is 17.2 Å². The van der Waals surface area contributed by atoms with Crippen LogP contribution >= 0.6 is 11.3 Å². The second kappa shape index (κ2) is 6.89. The lowest BCUT2D eigenvalue weighted by Crippen LogP contribution is -2.16. The van der Waals surface area contributed by atoms with E-state index in [-0.39, 0.29) is 5.56 Å². The minimum atomic E-state index is -3.90. The van der Waals surface area contributed by atoms with Gasteiger partial charge in [0.1, 0.15) is 11.6 Å². The maximum absolute atomic E-state index is 13.7. The molecule has 4 nitrogen and oxygen atoms in total. The molecule has 0 atom stereocenters. The minimum Gasteiger partial charge on any atom is -0.283 e. The summed E-state index contributed by atoms with van der Waals surface area (Å²) in [5, 5.41) is 2.79. The summed E-state index contributed by atoms with van der Waals surface area (Å²) in [5.74, 6) is -2.11. The number of nitrogens with zero attached hydrogens (tertiary/aromatic N) is 1. The van der Waals surface area contributed by atoms with Crippen LogP contribution in [0.2, 0.25) is 0 Å². The molecule has 0 aliphatic rings. The number of halogens is 2. The molecular formula is C17H14F2N2O2S2. The van der Waals surface area contributed by atoms with Gasteiger partial charge in [0.2, 0.25) is 10.0 Å². The first-order valence-corrected chi connectivity index (χ1v) is 9.82. The van der Waals surface area contributed by atoms with Crippen LogP contribution in [0.1, 0.15) is 10.6 Å². The van der Waals surface area contributed by atoms with E-state index in [1.807, 2.05) is 18.4 Å². The zero-order valence-electron chi connectivity index (χ0n) is 13.2. The number of aryl methyl sites for hydroxylation is 1. The van der Waals surface area contributed by atoms with Crippen molar-refractivity contribution in [2.24, 2.45) is 0 Å². The van der Waals surface area contributed by atoms with Gasteiger partial charge in [0, 0.05) is 22.2 Å². The molecule has 0 unspecified atom stereocenters. The van der Waals surface area contributed by atoms with Crippen LogP contribution in [0.5, 0.6) is 0 Å². The van der Waals surface area contributed by atoms with Gasteiger partial charge in [-0.3, -0.25) is 4.72 Å². The molecule has 8 heteroatoms. The van der Waals surface area contributed by atoms with E-state index in [4.69, 9.17) is 0 Å². The van der Waals surface area contributed by atoms with Crippen molar-refractivity contribution in [3.63, 3.8) is 0 Å². The minimum absolute atomic E-state index is 0.223. The van der Waals surface area contributed by atoms with Crippen molar-refractivity contribution in [1.82, 2.24) is 4.98 Å². The quantitative estimate of drug-likeness (QED) is 0.716. The Bertz CT molecular complexity index is 1020. The Morgan fingerprint density at radius 1 is 1.16 bits per heavy atom. The maximum Gasteiger partial charge on any atom is 0.237 e. The van der Waals surface area contributed by atoms with Crippen LogP contribution in [0, 0.1) is 18.6 Å². The first-order valence-electron chi connectivity index (χ1n) is 7.29. The van der Waals surface area contributed by atoms with Crippen LogP contribution in [0.15, 0.2) is 47.8 Å². The van der Waals surface area contributed by atoms with Crippen LogP contribution in [0.4, 0.5) is 14.5 Å². The number of rotatable bonds is 5. The predicted octanol–water partition coefficient (Wildman–Crippen LogP) is 4.34. The Morgan fingerprint density at radius 2 is 1.96 bits per heavy atom. The molecule has 0 saturated heterocycles. The molecule has 1 N–H and O–H groups in total. The van der Waals surface area contributed by atoms with Crippen LogP contribution < -0.4 is 4.72 Å². The number of nitrogens with one attached hydrogen (secondary N) is 1. The Hall–Kier alpha value is -2.32. The van der Waals surface area contributed by atoms with Crippen molar-refractivity contribution in [2.75, 3.05) is 4.72 Å². The van der Waals surface area contributed by atoms with E-state index in [2.05, 4.69) is 9.71 Å². The van der Waals surface area contributed by atoms with E-state index in [0.717, 1.165) is 34.5 Å². The van der Waals surface area contributed by atoms with E-state index in [1.54, 1.807) is 18.2 Å². The molecule has 1 heterocycles. The normalized spacial score (nSPS) is 11.5. The molecule has 3 aromatic rings. The van der Waals surface area contributed by atoms with E-state index in [0.29, 0.717) is 5.69 Å². The summed E-state index contributed by atoms with van der Waals surface area (Å²) < 4.78 is 53.8. The van der Waals surface area contributed by atoms with Crippen molar-refractivity contribution in [3.05, 3.63) is 70.1 Å². The fraction of sp³-hybridized carbons (Fsp3) is 0.118. The van der Waals surface area contributed by atoms with Gasteiger partial charge in [-0.15, -0.1) is 11.3 Å². The van der Waals surface area contributed by atoms with Gasteiger partial charge in [0.15, 0.2) is 0 Å². The van der Waals surface area contributed by atoms with Crippen LogP contribution in [0.3, 0.4) is 0 Å². The van der Waals surface area contributed by atoms with Gasteiger partial charge in [0.25, 0.3) is 0 Å². The summed E-state index contributed by atoms with van der Waals surface area (Å²) in [4.78, 5) is 4.36. The van der Waals surface area contributed by atoms with Crippen LogP contribution in [-0.2, 0) is 15.8 Å². The number of benzene rings is 2. The lowest BCUT2D eigenvalue weighted by atomic mass is 10.1. The first-order chi connectivity index (χ1) is 11.8. The maximum atomic E-state index is 13.7. The second-order valence-electron chi connectivity index (χ2n) is 5.43. The van der Waals surface area contributed by atoms with Crippen molar-refractivity contribution in [1.29, 1.82) is 0 Å². The summed E-state index contributed by atoms with van der Waals surface area (Å²) >= 11 is 1.50. The van der Waals surface area contributed by atoms with Crippen molar-refractivity contribution < 1.29 is 17.2 Å². The highest BCUT2D eigenvalue weighted by atomic mass is 32.2. The molecule has 2 aromatic carbocycles. The average molecular weight is 380 g/mol. The van der Waals surface area contributed by atoms with Gasteiger partial charge < -0.3 is 0 Å². The standard InChI is InChI=1S/C17H14F2N2O2S2/c1-11-20-17(9-24-11)12-3-2-4-15(8-12)21-25(22,23)10-13-7-14(18)5-6-16(13)19/h2-9,21H,10H2,1H3. The highest BCUT2D eigenvalue weighted by Gasteiger charge is 2.16. The summed E-state index contributed by atoms with van der Waals surface area (Å²) in [6.07, 6.45) is 0. The number of hydrogen-bond acceptors (Lipinski definition) is 4. The fourth-order valence-electron chi connectivity index (χ4n) is 2.31. The summed E-state index contributed by atoms with van der Waals surface area (Å²) in [6, 6.07) is 9.48. The lowest BCUT2D eigenvalue weighted by molar-refractivity contribution is 0.581. The van der Waals surface area contributed by atoms with Crippen molar-refractivity contribution in [2.45, 2.75) is 12.7 Å². The van der Waals surface area contributed by atoms with Gasteiger partial charge in [-0.05, 0) is 37.3 Å². The first kappa shape index (κ1) is 17.5. The molecule has 0 fully saturated rings. The zero-order valence-corrected chi connectivity index (χ0v) is 14.8. The topological polar surface area (TPSA) is 59.1 Å². The van der Waals surface area contributed by atoms with E-state index < -0.39 is 27.4 Å². The molecule has 0 saturated carbocycles. The highest BCUT2D eigenvalue weighted by molar-refractivity contribution is 7.91. The molecule has 0 bridgehead atoms. The van der Waals surface area contributed by atoms with Crippen molar-refractivity contribution >= 4 is 27.0 Å². The smallest absolute Gasteiger partial charge is 0.237 e. The third-order valence-corrected chi connectivity index (χ3v) is 5.42. The van der Waals surface area contributed by atoms with Gasteiger partial charge in [-0.2, -0.15) is 0 Å². The zero-order chi connectivity index (χ0) is 18.0. The monoisotopic (exact) mass is 380 g/mol. The Morgan fingerprint density at radius 3 is 2.68 bits per heavy atom. The number of sulfonamides is 1. The fourth-order valence-corrected chi connectivity index (χ4v) is 4.12. The lowest BCUT2D eigenvalue weighted by Gasteiger charge is -2.10. The number of aromatic nitrogens is 1. The van der Waals surface area contributed by atoms with Gasteiger partial charge in [-0.1, -0.05) is 12.1 Å². The second-order valence-corrected chi connectivity index (χ2v) is 8.21. The van der Waals surface area contributed by atoms with Gasteiger partial charge in [-0.25, -0.2) is 22.2 Å². The molecule has 0 aliphatic heterocycles. The third kappa shape index (κ3) is 4.40. The molecule has 1 aromatic heterocycles. The van der Waals surface area contributed by atoms with E-state index >= 15 is 0 Å². The average Bonchev–Trinajstić information content (AvgIpc) is 2.97. The molecule has 130 valence electrons. The largest absolute Gasteiger partial charge is 0.283 e. The summed E-state index contributed by atoms with van der Waals surface area (Å²) in [5.41, 5.74) is 1.62. The number of thiazole rings is 1. The third-order valence-electron chi connectivity index (χ3n) is 3.40. The van der Waals surface area contributed by atoms with Crippen LogP contribution in [0.25, 0.3) is 11.3 Å². The molecule has 0 aliphatic carbocycles. The molecular weight excluding hydrogens is 366 g/mol. The van der Waals surface area contributed by atoms with Gasteiger partial charge in [0.05, 0.1) is 16.5 Å². The van der Waals surface area contributed by atoms with Gasteiger partial charge >= 0.3 is 0 Å². The Kier molecular flexibility index (Phi) is 4.82. The summed E-state index contributed by atoms with van der Waals surface area (Å²) in [7, 11) is -3.90. The molecule has 25 heavy (non-hydrogen) atoms. The molecule has 0 amide bonds. The molecule has 0 spiro atoms.